The van der Waals surface area contributed by atoms with Crippen LogP contribution in [-0.4, -0.2) is 16.6 Å². The van der Waals surface area contributed by atoms with Crippen molar-refractivity contribution in [2.75, 3.05) is 0 Å². The van der Waals surface area contributed by atoms with Crippen molar-refractivity contribution in [2.24, 2.45) is 10.2 Å². The van der Waals surface area contributed by atoms with Gasteiger partial charge in [-0.15, -0.1) is 5.11 Å². The third-order valence-electron chi connectivity index (χ3n) is 3.05. The predicted molar refractivity (Wildman–Crippen MR) is 94.7 cm³/mol. The molecule has 0 aliphatic heterocycles. The number of hydrogen-bond acceptors (Lipinski definition) is 5. The lowest BCUT2D eigenvalue weighted by Gasteiger charge is -2.17. The second kappa shape index (κ2) is 8.11. The highest BCUT2D eigenvalue weighted by Crippen LogP contribution is 2.32. The van der Waals surface area contributed by atoms with Gasteiger partial charge < -0.3 is 4.74 Å². The number of hydrogen-bond donors (Lipinski definition) is 0. The number of azo groups is 1. The minimum atomic E-state index is -4.46. The highest BCUT2D eigenvalue weighted by molar-refractivity contribution is 5.87. The van der Waals surface area contributed by atoms with Crippen LogP contribution < -0.4 is 0 Å². The maximum absolute atomic E-state index is 12.8. The van der Waals surface area contributed by atoms with Crippen molar-refractivity contribution in [1.29, 1.82) is 0 Å². The minimum absolute atomic E-state index is 0.0516. The van der Waals surface area contributed by atoms with Gasteiger partial charge in [0.2, 0.25) is 0 Å². The SMILES string of the molecule is CC(C)(C)OC(=O)/C=C/c1ncccc1/N=N\c1cccc(C(F)(F)F)c1. The van der Waals surface area contributed by atoms with Gasteiger partial charge in [-0.05, 0) is 57.2 Å². The Hall–Kier alpha value is -3.03. The van der Waals surface area contributed by atoms with Gasteiger partial charge in [-0.1, -0.05) is 6.07 Å². The summed E-state index contributed by atoms with van der Waals surface area (Å²) in [6, 6.07) is 7.70. The maximum atomic E-state index is 12.8. The molecule has 0 unspecified atom stereocenters. The van der Waals surface area contributed by atoms with Gasteiger partial charge in [-0.3, -0.25) is 4.98 Å². The average Bonchev–Trinajstić information content (AvgIpc) is 2.57. The van der Waals surface area contributed by atoms with Gasteiger partial charge in [0.1, 0.15) is 11.3 Å². The molecule has 5 nitrogen and oxygen atoms in total. The molecule has 0 amide bonds. The summed E-state index contributed by atoms with van der Waals surface area (Å²) in [5, 5.41) is 7.78. The number of carbonyl (C=O) groups is 1. The van der Waals surface area contributed by atoms with Crippen LogP contribution in [0, 0.1) is 0 Å². The van der Waals surface area contributed by atoms with Gasteiger partial charge in [0.25, 0.3) is 0 Å². The van der Waals surface area contributed by atoms with Crippen LogP contribution in [0.15, 0.2) is 58.9 Å². The van der Waals surface area contributed by atoms with E-state index in [0.717, 1.165) is 12.1 Å². The predicted octanol–water partition coefficient (Wildman–Crippen LogP) is 5.87. The molecule has 0 aliphatic carbocycles. The van der Waals surface area contributed by atoms with E-state index in [9.17, 15) is 18.0 Å². The fraction of sp³-hybridized carbons (Fsp3) is 0.263. The number of esters is 1. The number of ether oxygens (including phenoxy) is 1. The molecule has 1 aromatic carbocycles. The van der Waals surface area contributed by atoms with Crippen LogP contribution in [0.4, 0.5) is 24.5 Å². The van der Waals surface area contributed by atoms with Crippen molar-refractivity contribution >= 4 is 23.4 Å². The lowest BCUT2D eigenvalue weighted by atomic mass is 10.2. The molecule has 0 fully saturated rings. The fourth-order valence-electron chi connectivity index (χ4n) is 1.96. The van der Waals surface area contributed by atoms with E-state index >= 15 is 0 Å². The summed E-state index contributed by atoms with van der Waals surface area (Å²) in [6.07, 6.45) is -0.343. The Bertz CT molecular complexity index is 869. The number of aromatic nitrogens is 1. The van der Waals surface area contributed by atoms with Crippen molar-refractivity contribution in [3.63, 3.8) is 0 Å². The van der Waals surface area contributed by atoms with E-state index in [2.05, 4.69) is 15.2 Å². The first-order chi connectivity index (χ1) is 12.5. The molecule has 2 rings (SSSR count). The monoisotopic (exact) mass is 377 g/mol. The maximum Gasteiger partial charge on any atom is 0.416 e. The summed E-state index contributed by atoms with van der Waals surface area (Å²) < 4.78 is 43.4. The number of halogens is 3. The van der Waals surface area contributed by atoms with E-state index in [1.165, 1.54) is 30.5 Å². The molecule has 0 saturated carbocycles. The second-order valence-electron chi connectivity index (χ2n) is 6.52. The second-order valence-corrected chi connectivity index (χ2v) is 6.52. The molecular weight excluding hydrogens is 359 g/mol. The minimum Gasteiger partial charge on any atom is -0.457 e. The molecule has 0 saturated heterocycles. The Morgan fingerprint density at radius 2 is 1.85 bits per heavy atom. The Morgan fingerprint density at radius 1 is 1.11 bits per heavy atom. The average molecular weight is 377 g/mol. The van der Waals surface area contributed by atoms with Gasteiger partial charge >= 0.3 is 12.1 Å². The first-order valence-corrected chi connectivity index (χ1v) is 8.00. The van der Waals surface area contributed by atoms with Crippen LogP contribution in [0.3, 0.4) is 0 Å². The van der Waals surface area contributed by atoms with Gasteiger partial charge in [-0.2, -0.15) is 18.3 Å². The molecule has 142 valence electrons. The normalized spacial score (nSPS) is 12.7. The summed E-state index contributed by atoms with van der Waals surface area (Å²) in [7, 11) is 0. The molecule has 27 heavy (non-hydrogen) atoms. The standard InChI is InChI=1S/C19H18F3N3O2/c1-18(2,3)27-17(26)10-9-15-16(8-5-11-23-15)25-24-14-7-4-6-13(12-14)19(20,21)22/h4-12H,1-3H3/b10-9+,25-24-. The molecule has 0 spiro atoms. The lowest BCUT2D eigenvalue weighted by Crippen LogP contribution is -2.22. The van der Waals surface area contributed by atoms with E-state index in [1.54, 1.807) is 32.9 Å². The van der Waals surface area contributed by atoms with Crippen molar-refractivity contribution < 1.29 is 22.7 Å². The number of pyridine rings is 1. The topological polar surface area (TPSA) is 63.9 Å². The first-order valence-electron chi connectivity index (χ1n) is 8.00. The van der Waals surface area contributed by atoms with Gasteiger partial charge in [0, 0.05) is 12.3 Å². The summed E-state index contributed by atoms with van der Waals surface area (Å²) >= 11 is 0. The molecule has 0 aliphatic rings. The van der Waals surface area contributed by atoms with Crippen LogP contribution in [0.5, 0.6) is 0 Å². The number of nitrogens with zero attached hydrogens (tertiary/aromatic N) is 3. The molecule has 0 radical (unpaired) electrons. The van der Waals surface area contributed by atoms with Crippen LogP contribution >= 0.6 is 0 Å². The number of benzene rings is 1. The Balaban J connectivity index is 2.21. The Labute approximate surface area is 154 Å². The zero-order valence-electron chi connectivity index (χ0n) is 15.0. The van der Waals surface area contributed by atoms with E-state index in [4.69, 9.17) is 4.74 Å². The Morgan fingerprint density at radius 3 is 2.52 bits per heavy atom. The van der Waals surface area contributed by atoms with Gasteiger partial charge in [0.05, 0.1) is 16.9 Å². The van der Waals surface area contributed by atoms with E-state index in [0.29, 0.717) is 11.4 Å². The van der Waals surface area contributed by atoms with Gasteiger partial charge in [-0.25, -0.2) is 4.79 Å². The molecule has 1 aromatic heterocycles. The first kappa shape index (κ1) is 20.3. The molecule has 0 atom stereocenters. The van der Waals surface area contributed by atoms with Crippen molar-refractivity contribution in [1.82, 2.24) is 4.98 Å². The third kappa shape index (κ3) is 6.65. The highest BCUT2D eigenvalue weighted by atomic mass is 19.4. The zero-order valence-corrected chi connectivity index (χ0v) is 15.0. The molecule has 0 N–H and O–H groups in total. The zero-order chi connectivity index (χ0) is 20.1. The number of carbonyl (C=O) groups excluding carboxylic acids is 1. The van der Waals surface area contributed by atoms with Crippen LogP contribution in [-0.2, 0) is 15.7 Å². The van der Waals surface area contributed by atoms with Crippen molar-refractivity contribution in [3.8, 4) is 0 Å². The Kier molecular flexibility index (Phi) is 6.09. The molecule has 1 heterocycles. The number of alkyl halides is 3. The summed E-state index contributed by atoms with van der Waals surface area (Å²) in [5.74, 6) is -0.547. The fourth-order valence-corrected chi connectivity index (χ4v) is 1.96. The van der Waals surface area contributed by atoms with Crippen LogP contribution in [0.2, 0.25) is 0 Å². The van der Waals surface area contributed by atoms with Crippen molar-refractivity contribution in [2.45, 2.75) is 32.5 Å². The summed E-state index contributed by atoms with van der Waals surface area (Å²) in [6.45, 7) is 5.23. The number of rotatable bonds is 4. The molecular formula is C19H18F3N3O2. The highest BCUT2D eigenvalue weighted by Gasteiger charge is 2.30. The van der Waals surface area contributed by atoms with Crippen molar-refractivity contribution in [3.05, 3.63) is 59.9 Å². The molecule has 8 heteroatoms. The lowest BCUT2D eigenvalue weighted by molar-refractivity contribution is -0.148. The largest absolute Gasteiger partial charge is 0.457 e. The summed E-state index contributed by atoms with van der Waals surface area (Å²) in [5.41, 5.74) is -0.753. The van der Waals surface area contributed by atoms with E-state index < -0.39 is 23.3 Å². The quantitative estimate of drug-likeness (QED) is 0.380. The molecule has 2 aromatic rings. The van der Waals surface area contributed by atoms with Crippen LogP contribution in [0.25, 0.3) is 6.08 Å². The third-order valence-corrected chi connectivity index (χ3v) is 3.05. The smallest absolute Gasteiger partial charge is 0.416 e. The van der Waals surface area contributed by atoms with Crippen LogP contribution in [0.1, 0.15) is 32.0 Å². The summed E-state index contributed by atoms with van der Waals surface area (Å²) in [4.78, 5) is 15.8. The van der Waals surface area contributed by atoms with E-state index in [1.807, 2.05) is 0 Å². The van der Waals surface area contributed by atoms with Gasteiger partial charge in [0.15, 0.2) is 0 Å². The molecule has 0 bridgehead atoms. The van der Waals surface area contributed by atoms with E-state index in [-0.39, 0.29) is 5.69 Å².